The number of para-hydroxylation sites is 2. The lowest BCUT2D eigenvalue weighted by molar-refractivity contribution is 1.22. The molecule has 0 saturated carbocycles. The number of hydrogen-bond donors (Lipinski definition) is 2. The molecular formula is C21H15ClN4S. The molecule has 0 atom stereocenters. The fourth-order valence-electron chi connectivity index (χ4n) is 2.83. The lowest BCUT2D eigenvalue weighted by atomic mass is 10.1. The van der Waals surface area contributed by atoms with Crippen LogP contribution in [0.4, 0.5) is 11.4 Å². The number of halogens is 1. The molecule has 0 spiro atoms. The first kappa shape index (κ1) is 17.4. The van der Waals surface area contributed by atoms with E-state index < -0.39 is 0 Å². The molecule has 2 N–H and O–H groups in total. The van der Waals surface area contributed by atoms with Crippen molar-refractivity contribution in [2.24, 2.45) is 0 Å². The molecular weight excluding hydrogens is 376 g/mol. The Balaban J connectivity index is 1.59. The summed E-state index contributed by atoms with van der Waals surface area (Å²) in [6.45, 7) is 0. The second-order valence-corrected chi connectivity index (χ2v) is 6.69. The number of thiocarbonyl (C=S) groups is 1. The van der Waals surface area contributed by atoms with Gasteiger partial charge in [0.05, 0.1) is 21.9 Å². The maximum Gasteiger partial charge on any atom is 0.175 e. The van der Waals surface area contributed by atoms with Crippen molar-refractivity contribution in [2.45, 2.75) is 0 Å². The van der Waals surface area contributed by atoms with E-state index in [-0.39, 0.29) is 0 Å². The van der Waals surface area contributed by atoms with Gasteiger partial charge in [-0.2, -0.15) is 0 Å². The first-order valence-corrected chi connectivity index (χ1v) is 9.12. The van der Waals surface area contributed by atoms with E-state index in [1.54, 1.807) is 6.33 Å². The topological polar surface area (TPSA) is 49.8 Å². The van der Waals surface area contributed by atoms with Gasteiger partial charge in [-0.25, -0.2) is 9.97 Å². The quantitative estimate of drug-likeness (QED) is 0.435. The summed E-state index contributed by atoms with van der Waals surface area (Å²) in [5, 5.41) is 8.39. The lowest BCUT2D eigenvalue weighted by Crippen LogP contribution is -2.19. The summed E-state index contributed by atoms with van der Waals surface area (Å²) in [7, 11) is 0. The molecule has 1 aromatic heterocycles. The Hall–Kier alpha value is -3.02. The van der Waals surface area contributed by atoms with Crippen LogP contribution < -0.4 is 10.6 Å². The van der Waals surface area contributed by atoms with Gasteiger partial charge in [-0.3, -0.25) is 0 Å². The summed E-state index contributed by atoms with van der Waals surface area (Å²) in [5.41, 5.74) is 4.40. The van der Waals surface area contributed by atoms with Crippen molar-refractivity contribution in [1.29, 1.82) is 0 Å². The number of aromatic nitrogens is 2. The minimum absolute atomic E-state index is 0.466. The van der Waals surface area contributed by atoms with Crippen molar-refractivity contribution in [2.75, 3.05) is 10.6 Å². The van der Waals surface area contributed by atoms with E-state index in [1.165, 1.54) is 0 Å². The zero-order chi connectivity index (χ0) is 18.6. The zero-order valence-electron chi connectivity index (χ0n) is 14.2. The lowest BCUT2D eigenvalue weighted by Gasteiger charge is -2.13. The summed E-state index contributed by atoms with van der Waals surface area (Å²) in [5.74, 6) is 0. The van der Waals surface area contributed by atoms with Crippen LogP contribution in [0.3, 0.4) is 0 Å². The smallest absolute Gasteiger partial charge is 0.175 e. The number of fused-ring (bicyclic) bond motifs is 1. The van der Waals surface area contributed by atoms with E-state index >= 15 is 0 Å². The molecule has 0 unspecified atom stereocenters. The fraction of sp³-hybridized carbons (Fsp3) is 0. The third-order valence-electron chi connectivity index (χ3n) is 4.06. The molecule has 0 aliphatic rings. The molecule has 0 aliphatic heterocycles. The molecule has 1 heterocycles. The van der Waals surface area contributed by atoms with Crippen molar-refractivity contribution in [3.63, 3.8) is 0 Å². The van der Waals surface area contributed by atoms with Gasteiger partial charge in [0.15, 0.2) is 5.11 Å². The molecule has 4 rings (SSSR count). The highest BCUT2D eigenvalue weighted by Gasteiger charge is 2.08. The van der Waals surface area contributed by atoms with Crippen LogP contribution in [-0.2, 0) is 0 Å². The van der Waals surface area contributed by atoms with Crippen molar-refractivity contribution >= 4 is 51.2 Å². The standard InChI is InChI=1S/C21H15ClN4S/c22-17-9-2-4-11-19(17)26-21(27)25-15-7-5-6-14(12-15)20-16-8-1-3-10-18(16)23-13-24-20/h1-13H,(H2,25,26,27). The normalized spacial score (nSPS) is 10.6. The highest BCUT2D eigenvalue weighted by Crippen LogP contribution is 2.27. The van der Waals surface area contributed by atoms with Crippen LogP contribution in [0.15, 0.2) is 79.1 Å². The molecule has 0 bridgehead atoms. The molecule has 0 fully saturated rings. The van der Waals surface area contributed by atoms with Crippen LogP contribution in [0.2, 0.25) is 5.02 Å². The molecule has 0 saturated heterocycles. The molecule has 6 heteroatoms. The van der Waals surface area contributed by atoms with Gasteiger partial charge in [0, 0.05) is 16.6 Å². The second kappa shape index (κ2) is 7.70. The molecule has 0 aliphatic carbocycles. The molecule has 0 amide bonds. The van der Waals surface area contributed by atoms with Gasteiger partial charge in [-0.05, 0) is 42.5 Å². The Morgan fingerprint density at radius 3 is 2.56 bits per heavy atom. The molecule has 0 radical (unpaired) electrons. The zero-order valence-corrected chi connectivity index (χ0v) is 15.8. The Morgan fingerprint density at radius 1 is 0.852 bits per heavy atom. The fourth-order valence-corrected chi connectivity index (χ4v) is 3.24. The van der Waals surface area contributed by atoms with Gasteiger partial charge in [0.2, 0.25) is 0 Å². The third-order valence-corrected chi connectivity index (χ3v) is 4.59. The Kier molecular flexibility index (Phi) is 4.96. The number of benzene rings is 3. The van der Waals surface area contributed by atoms with E-state index in [2.05, 4.69) is 20.6 Å². The maximum atomic E-state index is 6.17. The summed E-state index contributed by atoms with van der Waals surface area (Å²) in [4.78, 5) is 8.80. The van der Waals surface area contributed by atoms with Crippen LogP contribution in [0.1, 0.15) is 0 Å². The predicted molar refractivity (Wildman–Crippen MR) is 116 cm³/mol. The molecule has 4 aromatic rings. The summed E-state index contributed by atoms with van der Waals surface area (Å²) in [6, 6.07) is 23.4. The maximum absolute atomic E-state index is 6.17. The van der Waals surface area contributed by atoms with E-state index in [1.807, 2.05) is 72.8 Å². The van der Waals surface area contributed by atoms with Gasteiger partial charge in [0.25, 0.3) is 0 Å². The van der Waals surface area contributed by atoms with Crippen LogP contribution in [-0.4, -0.2) is 15.1 Å². The number of anilines is 2. The van der Waals surface area contributed by atoms with Crippen LogP contribution >= 0.6 is 23.8 Å². The summed E-state index contributed by atoms with van der Waals surface area (Å²) < 4.78 is 0. The number of hydrogen-bond acceptors (Lipinski definition) is 3. The van der Waals surface area contributed by atoms with Gasteiger partial charge in [-0.15, -0.1) is 0 Å². The number of nitrogens with zero attached hydrogens (tertiary/aromatic N) is 2. The molecule has 3 aromatic carbocycles. The Morgan fingerprint density at radius 2 is 1.67 bits per heavy atom. The van der Waals surface area contributed by atoms with Crippen molar-refractivity contribution < 1.29 is 0 Å². The first-order valence-electron chi connectivity index (χ1n) is 8.33. The highest BCUT2D eigenvalue weighted by molar-refractivity contribution is 7.80. The largest absolute Gasteiger partial charge is 0.332 e. The average molecular weight is 391 g/mol. The molecule has 4 nitrogen and oxygen atoms in total. The van der Waals surface area contributed by atoms with Gasteiger partial charge < -0.3 is 10.6 Å². The molecule has 132 valence electrons. The summed E-state index contributed by atoms with van der Waals surface area (Å²) in [6.07, 6.45) is 1.58. The average Bonchev–Trinajstić information content (AvgIpc) is 2.69. The van der Waals surface area contributed by atoms with E-state index in [0.29, 0.717) is 10.1 Å². The minimum Gasteiger partial charge on any atom is -0.332 e. The summed E-state index contributed by atoms with van der Waals surface area (Å²) >= 11 is 11.6. The Bertz CT molecular complexity index is 1120. The van der Waals surface area contributed by atoms with E-state index in [0.717, 1.165) is 33.5 Å². The van der Waals surface area contributed by atoms with Crippen LogP contribution in [0, 0.1) is 0 Å². The van der Waals surface area contributed by atoms with Crippen molar-refractivity contribution in [3.05, 3.63) is 84.1 Å². The number of rotatable bonds is 3. The van der Waals surface area contributed by atoms with Gasteiger partial charge >= 0.3 is 0 Å². The van der Waals surface area contributed by atoms with E-state index in [9.17, 15) is 0 Å². The van der Waals surface area contributed by atoms with Crippen molar-refractivity contribution in [1.82, 2.24) is 9.97 Å². The van der Waals surface area contributed by atoms with Gasteiger partial charge in [-0.1, -0.05) is 54.1 Å². The monoisotopic (exact) mass is 390 g/mol. The second-order valence-electron chi connectivity index (χ2n) is 5.88. The van der Waals surface area contributed by atoms with Crippen LogP contribution in [0.5, 0.6) is 0 Å². The third kappa shape index (κ3) is 3.89. The van der Waals surface area contributed by atoms with Crippen LogP contribution in [0.25, 0.3) is 22.2 Å². The van der Waals surface area contributed by atoms with E-state index in [4.69, 9.17) is 23.8 Å². The first-order chi connectivity index (χ1) is 13.2. The SMILES string of the molecule is S=C(Nc1cccc(-c2ncnc3ccccc23)c1)Nc1ccccc1Cl. The van der Waals surface area contributed by atoms with Gasteiger partial charge in [0.1, 0.15) is 6.33 Å². The van der Waals surface area contributed by atoms with Crippen molar-refractivity contribution in [3.8, 4) is 11.3 Å². The molecule has 27 heavy (non-hydrogen) atoms. The number of nitrogens with one attached hydrogen (secondary N) is 2. The minimum atomic E-state index is 0.466. The highest BCUT2D eigenvalue weighted by atomic mass is 35.5. The predicted octanol–water partition coefficient (Wildman–Crippen LogP) is 5.76. The Labute approximate surface area is 167 Å².